The van der Waals surface area contributed by atoms with E-state index >= 15 is 0 Å². The third kappa shape index (κ3) is 2.91. The van der Waals surface area contributed by atoms with Crippen LogP contribution in [0.2, 0.25) is 0 Å². The second-order valence-corrected chi connectivity index (χ2v) is 6.54. The molecule has 0 atom stereocenters. The number of aromatic amines is 1. The monoisotopic (exact) mass is 408 g/mol. The van der Waals surface area contributed by atoms with E-state index in [9.17, 15) is 4.79 Å². The third-order valence-electron chi connectivity index (χ3n) is 3.27. The van der Waals surface area contributed by atoms with E-state index in [4.69, 9.17) is 0 Å². The highest BCUT2D eigenvalue weighted by atomic mass is 79.9. The van der Waals surface area contributed by atoms with Gasteiger partial charge in [-0.3, -0.25) is 4.79 Å². The molecule has 2 aromatic heterocycles. The summed E-state index contributed by atoms with van der Waals surface area (Å²) in [6, 6.07) is 9.62. The molecule has 0 aliphatic heterocycles. The fourth-order valence-electron chi connectivity index (χ4n) is 2.19. The number of aryl methyl sites for hydroxylation is 1. The van der Waals surface area contributed by atoms with Gasteiger partial charge in [-0.2, -0.15) is 4.57 Å². The van der Waals surface area contributed by atoms with Crippen LogP contribution in [0.25, 0.3) is 10.9 Å². The summed E-state index contributed by atoms with van der Waals surface area (Å²) in [7, 11) is 0. The average Bonchev–Trinajstić information content (AvgIpc) is 2.43. The maximum atomic E-state index is 12.2. The van der Waals surface area contributed by atoms with Crippen LogP contribution in [0, 0.1) is 6.92 Å². The van der Waals surface area contributed by atoms with Gasteiger partial charge in [0.15, 0.2) is 17.7 Å². The molecular weight excluding hydrogens is 398 g/mol. The van der Waals surface area contributed by atoms with Gasteiger partial charge in [0.05, 0.1) is 10.9 Å². The lowest BCUT2D eigenvalue weighted by molar-refractivity contribution is -0.695. The summed E-state index contributed by atoms with van der Waals surface area (Å²) in [4.78, 5) is 19.7. The molecule has 4 nitrogen and oxygen atoms in total. The van der Waals surface area contributed by atoms with E-state index in [1.165, 1.54) is 0 Å². The summed E-state index contributed by atoms with van der Waals surface area (Å²) in [5.74, 6) is 0.634. The number of aromatic nitrogens is 3. The molecule has 2 heterocycles. The van der Waals surface area contributed by atoms with E-state index in [1.807, 2.05) is 42.0 Å². The van der Waals surface area contributed by atoms with Gasteiger partial charge in [0.1, 0.15) is 0 Å². The van der Waals surface area contributed by atoms with Crippen molar-refractivity contribution in [1.29, 1.82) is 0 Å². The molecule has 0 aliphatic rings. The van der Waals surface area contributed by atoms with E-state index < -0.39 is 0 Å². The maximum absolute atomic E-state index is 12.2. The molecule has 0 bridgehead atoms. The Balaban J connectivity index is 2.13. The summed E-state index contributed by atoms with van der Waals surface area (Å²) < 4.78 is 3.68. The SMILES string of the molecule is Cc1cccc[n+]1Cc1nc2c(Br)cc(Br)cc2c(=O)[nH]1. The highest BCUT2D eigenvalue weighted by Crippen LogP contribution is 2.24. The second-order valence-electron chi connectivity index (χ2n) is 4.77. The normalized spacial score (nSPS) is 11.0. The standard InChI is InChI=1S/C15H11Br2N3O/c1-9-4-2-3-5-20(9)8-13-18-14-11(15(21)19-13)6-10(16)7-12(14)17/h2-7H,8H2,1H3/p+1. The van der Waals surface area contributed by atoms with E-state index in [0.29, 0.717) is 23.3 Å². The number of rotatable bonds is 2. The van der Waals surface area contributed by atoms with Crippen LogP contribution in [0.15, 0.2) is 50.3 Å². The van der Waals surface area contributed by atoms with Crippen molar-refractivity contribution in [3.63, 3.8) is 0 Å². The zero-order chi connectivity index (χ0) is 15.0. The summed E-state index contributed by atoms with van der Waals surface area (Å²) in [5.41, 5.74) is 1.65. The quantitative estimate of drug-likeness (QED) is 0.661. The lowest BCUT2D eigenvalue weighted by Crippen LogP contribution is -2.38. The first kappa shape index (κ1) is 14.4. The molecule has 0 fully saturated rings. The Morgan fingerprint density at radius 3 is 2.86 bits per heavy atom. The van der Waals surface area contributed by atoms with Crippen LogP contribution in [-0.2, 0) is 6.54 Å². The summed E-state index contributed by atoms with van der Waals surface area (Å²) in [6.07, 6.45) is 1.97. The number of benzene rings is 1. The first-order chi connectivity index (χ1) is 10.0. The van der Waals surface area contributed by atoms with E-state index in [0.717, 1.165) is 14.6 Å². The zero-order valence-electron chi connectivity index (χ0n) is 11.2. The smallest absolute Gasteiger partial charge is 0.259 e. The van der Waals surface area contributed by atoms with E-state index in [-0.39, 0.29) is 5.56 Å². The van der Waals surface area contributed by atoms with Gasteiger partial charge in [-0.1, -0.05) is 22.0 Å². The minimum atomic E-state index is -0.133. The number of fused-ring (bicyclic) bond motifs is 1. The van der Waals surface area contributed by atoms with Crippen LogP contribution in [0.3, 0.4) is 0 Å². The number of nitrogens with zero attached hydrogens (tertiary/aromatic N) is 2. The van der Waals surface area contributed by atoms with Gasteiger partial charge in [0.25, 0.3) is 5.56 Å². The highest BCUT2D eigenvalue weighted by Gasteiger charge is 2.12. The van der Waals surface area contributed by atoms with Crippen molar-refractivity contribution in [1.82, 2.24) is 9.97 Å². The van der Waals surface area contributed by atoms with Crippen molar-refractivity contribution >= 4 is 42.8 Å². The van der Waals surface area contributed by atoms with Gasteiger partial charge in [0, 0.05) is 28.0 Å². The van der Waals surface area contributed by atoms with Crippen molar-refractivity contribution in [2.75, 3.05) is 0 Å². The van der Waals surface area contributed by atoms with Crippen molar-refractivity contribution in [2.24, 2.45) is 0 Å². The number of hydrogen-bond donors (Lipinski definition) is 1. The van der Waals surface area contributed by atoms with Crippen LogP contribution < -0.4 is 10.1 Å². The van der Waals surface area contributed by atoms with Crippen molar-refractivity contribution in [3.8, 4) is 0 Å². The molecular formula is C15H12Br2N3O+. The zero-order valence-corrected chi connectivity index (χ0v) is 14.4. The Morgan fingerprint density at radius 1 is 1.29 bits per heavy atom. The average molecular weight is 410 g/mol. The first-order valence-corrected chi connectivity index (χ1v) is 7.96. The largest absolute Gasteiger partial charge is 0.305 e. The van der Waals surface area contributed by atoms with E-state index in [2.05, 4.69) is 41.8 Å². The fraction of sp³-hybridized carbons (Fsp3) is 0.133. The van der Waals surface area contributed by atoms with Gasteiger partial charge < -0.3 is 4.98 Å². The van der Waals surface area contributed by atoms with Crippen molar-refractivity contribution < 1.29 is 4.57 Å². The molecule has 0 saturated heterocycles. The molecule has 21 heavy (non-hydrogen) atoms. The molecule has 0 radical (unpaired) electrons. The van der Waals surface area contributed by atoms with Gasteiger partial charge >= 0.3 is 0 Å². The van der Waals surface area contributed by atoms with Crippen LogP contribution in [0.1, 0.15) is 11.5 Å². The van der Waals surface area contributed by atoms with E-state index in [1.54, 1.807) is 6.07 Å². The number of hydrogen-bond acceptors (Lipinski definition) is 2. The molecule has 1 aromatic carbocycles. The maximum Gasteiger partial charge on any atom is 0.259 e. The molecule has 3 aromatic rings. The third-order valence-corrected chi connectivity index (χ3v) is 4.33. The van der Waals surface area contributed by atoms with Gasteiger partial charge in [0.2, 0.25) is 6.54 Å². The van der Waals surface area contributed by atoms with Crippen LogP contribution >= 0.6 is 31.9 Å². The van der Waals surface area contributed by atoms with Gasteiger partial charge in [-0.25, -0.2) is 4.98 Å². The topological polar surface area (TPSA) is 49.6 Å². The Morgan fingerprint density at radius 2 is 2.10 bits per heavy atom. The number of halogens is 2. The molecule has 1 N–H and O–H groups in total. The lowest BCUT2D eigenvalue weighted by Gasteiger charge is -2.04. The van der Waals surface area contributed by atoms with Crippen LogP contribution in [0.4, 0.5) is 0 Å². The van der Waals surface area contributed by atoms with Gasteiger partial charge in [-0.15, -0.1) is 0 Å². The minimum Gasteiger partial charge on any atom is -0.305 e. The molecule has 0 unspecified atom stereocenters. The molecule has 0 saturated carbocycles. The predicted octanol–water partition coefficient (Wildman–Crippen LogP) is 3.09. The Labute approximate surface area is 138 Å². The molecule has 0 aliphatic carbocycles. The molecule has 3 rings (SSSR count). The summed E-state index contributed by atoms with van der Waals surface area (Å²) >= 11 is 6.85. The number of nitrogens with one attached hydrogen (secondary N) is 1. The van der Waals surface area contributed by atoms with Crippen LogP contribution in [-0.4, -0.2) is 9.97 Å². The highest BCUT2D eigenvalue weighted by molar-refractivity contribution is 9.11. The summed E-state index contributed by atoms with van der Waals surface area (Å²) in [6.45, 7) is 2.55. The molecule has 0 amide bonds. The first-order valence-electron chi connectivity index (χ1n) is 6.37. The molecule has 0 spiro atoms. The molecule has 6 heteroatoms. The Hall–Kier alpha value is -1.53. The van der Waals surface area contributed by atoms with Gasteiger partial charge in [-0.05, 0) is 28.1 Å². The Bertz CT molecular complexity index is 890. The fourth-order valence-corrected chi connectivity index (χ4v) is 3.50. The Kier molecular flexibility index (Phi) is 3.91. The van der Waals surface area contributed by atoms with Crippen LogP contribution in [0.5, 0.6) is 0 Å². The van der Waals surface area contributed by atoms with Crippen molar-refractivity contribution in [3.05, 3.63) is 67.3 Å². The predicted molar refractivity (Wildman–Crippen MR) is 88.2 cm³/mol. The number of pyridine rings is 1. The number of H-pyrrole nitrogens is 1. The molecule has 106 valence electrons. The minimum absolute atomic E-state index is 0.133. The summed E-state index contributed by atoms with van der Waals surface area (Å²) in [5, 5.41) is 0.565. The van der Waals surface area contributed by atoms with Crippen molar-refractivity contribution in [2.45, 2.75) is 13.5 Å². The lowest BCUT2D eigenvalue weighted by atomic mass is 10.2. The second kappa shape index (κ2) is 5.69.